The number of amides is 3. The topological polar surface area (TPSA) is 75.7 Å². The molecular formula is C17H20N2O4. The molecule has 2 aliphatic heterocycles. The van der Waals surface area contributed by atoms with E-state index in [1.807, 2.05) is 12.1 Å². The first-order valence-corrected chi connectivity index (χ1v) is 7.94. The highest BCUT2D eigenvalue weighted by atomic mass is 16.5. The standard InChI is InChI=1S/C17H20N2O4/c20-15-5-6-16(21)19(15)11-12-1-3-14(4-2-12)18-17(22)13-7-9-23-10-8-13/h1-4,13H,5-11H2,(H,18,22). The van der Waals surface area contributed by atoms with Gasteiger partial charge in [0.05, 0.1) is 6.54 Å². The molecule has 3 rings (SSSR count). The minimum absolute atomic E-state index is 0.00303. The zero-order valence-corrected chi connectivity index (χ0v) is 12.9. The Morgan fingerprint density at radius 2 is 1.70 bits per heavy atom. The zero-order valence-electron chi connectivity index (χ0n) is 12.9. The van der Waals surface area contributed by atoms with Crippen molar-refractivity contribution in [3.8, 4) is 0 Å². The molecule has 2 aliphatic rings. The maximum Gasteiger partial charge on any atom is 0.229 e. The SMILES string of the molecule is O=C(Nc1ccc(CN2C(=O)CCC2=O)cc1)C1CCOCC1. The van der Waals surface area contributed by atoms with Gasteiger partial charge >= 0.3 is 0 Å². The predicted octanol–water partition coefficient (Wildman–Crippen LogP) is 1.70. The van der Waals surface area contributed by atoms with Crippen molar-refractivity contribution in [3.05, 3.63) is 29.8 Å². The van der Waals surface area contributed by atoms with E-state index >= 15 is 0 Å². The first kappa shape index (κ1) is 15.7. The number of imide groups is 1. The quantitative estimate of drug-likeness (QED) is 0.858. The molecule has 1 aromatic carbocycles. The first-order valence-electron chi connectivity index (χ1n) is 7.94. The van der Waals surface area contributed by atoms with Crippen LogP contribution in [0.15, 0.2) is 24.3 Å². The van der Waals surface area contributed by atoms with Gasteiger partial charge in [-0.1, -0.05) is 12.1 Å². The van der Waals surface area contributed by atoms with Crippen LogP contribution in [0.4, 0.5) is 5.69 Å². The molecule has 0 aliphatic carbocycles. The molecule has 122 valence electrons. The van der Waals surface area contributed by atoms with Crippen molar-refractivity contribution in [3.63, 3.8) is 0 Å². The lowest BCUT2D eigenvalue weighted by molar-refractivity contribution is -0.139. The van der Waals surface area contributed by atoms with Crippen LogP contribution in [0.5, 0.6) is 0 Å². The number of rotatable bonds is 4. The number of hydrogen-bond acceptors (Lipinski definition) is 4. The van der Waals surface area contributed by atoms with E-state index in [0.29, 0.717) is 32.6 Å². The Morgan fingerprint density at radius 3 is 2.30 bits per heavy atom. The first-order chi connectivity index (χ1) is 11.1. The molecule has 6 nitrogen and oxygen atoms in total. The number of likely N-dealkylation sites (tertiary alicyclic amines) is 1. The van der Waals surface area contributed by atoms with E-state index in [1.54, 1.807) is 12.1 Å². The Balaban J connectivity index is 1.57. The summed E-state index contributed by atoms with van der Waals surface area (Å²) >= 11 is 0. The molecule has 2 saturated heterocycles. The Labute approximate surface area is 134 Å². The number of carbonyl (C=O) groups excluding carboxylic acids is 3. The molecule has 0 saturated carbocycles. The van der Waals surface area contributed by atoms with Gasteiger partial charge in [0.1, 0.15) is 0 Å². The van der Waals surface area contributed by atoms with Crippen LogP contribution in [0.3, 0.4) is 0 Å². The Bertz CT molecular complexity index is 590. The number of nitrogens with one attached hydrogen (secondary N) is 1. The van der Waals surface area contributed by atoms with Crippen molar-refractivity contribution in [1.29, 1.82) is 0 Å². The van der Waals surface area contributed by atoms with Gasteiger partial charge in [0, 0.05) is 37.7 Å². The van der Waals surface area contributed by atoms with Gasteiger partial charge in [-0.15, -0.1) is 0 Å². The number of benzene rings is 1. The fourth-order valence-electron chi connectivity index (χ4n) is 2.88. The average Bonchev–Trinajstić information content (AvgIpc) is 2.89. The Kier molecular flexibility index (Phi) is 4.71. The van der Waals surface area contributed by atoms with E-state index in [9.17, 15) is 14.4 Å². The second-order valence-electron chi connectivity index (χ2n) is 5.95. The van der Waals surface area contributed by atoms with E-state index in [0.717, 1.165) is 24.1 Å². The third kappa shape index (κ3) is 3.76. The predicted molar refractivity (Wildman–Crippen MR) is 83.4 cm³/mol. The van der Waals surface area contributed by atoms with E-state index in [2.05, 4.69) is 5.32 Å². The van der Waals surface area contributed by atoms with Crippen molar-refractivity contribution < 1.29 is 19.1 Å². The van der Waals surface area contributed by atoms with Gasteiger partial charge in [-0.3, -0.25) is 19.3 Å². The molecule has 0 radical (unpaired) electrons. The van der Waals surface area contributed by atoms with Crippen LogP contribution in [-0.4, -0.2) is 35.8 Å². The summed E-state index contributed by atoms with van der Waals surface area (Å²) in [5.74, 6) is -0.215. The van der Waals surface area contributed by atoms with E-state index < -0.39 is 0 Å². The minimum Gasteiger partial charge on any atom is -0.381 e. The molecule has 0 bridgehead atoms. The molecule has 6 heteroatoms. The smallest absolute Gasteiger partial charge is 0.229 e. The second-order valence-corrected chi connectivity index (χ2v) is 5.95. The molecule has 1 N–H and O–H groups in total. The lowest BCUT2D eigenvalue weighted by atomic mass is 9.99. The van der Waals surface area contributed by atoms with E-state index in [-0.39, 0.29) is 23.6 Å². The summed E-state index contributed by atoms with van der Waals surface area (Å²) < 4.78 is 5.26. The fraction of sp³-hybridized carbons (Fsp3) is 0.471. The normalized spacial score (nSPS) is 19.2. The molecule has 0 aromatic heterocycles. The van der Waals surface area contributed by atoms with Gasteiger partial charge < -0.3 is 10.1 Å². The van der Waals surface area contributed by atoms with Gasteiger partial charge in [0.25, 0.3) is 0 Å². The maximum absolute atomic E-state index is 12.2. The summed E-state index contributed by atoms with van der Waals surface area (Å²) in [6.45, 7) is 1.57. The van der Waals surface area contributed by atoms with Crippen LogP contribution in [0.2, 0.25) is 0 Å². The molecule has 0 spiro atoms. The summed E-state index contributed by atoms with van der Waals surface area (Å²) in [5, 5.41) is 2.91. The minimum atomic E-state index is -0.119. The molecule has 3 amide bonds. The number of ether oxygens (including phenoxy) is 1. The number of carbonyl (C=O) groups is 3. The third-order valence-corrected chi connectivity index (χ3v) is 4.31. The fourth-order valence-corrected chi connectivity index (χ4v) is 2.88. The number of anilines is 1. The summed E-state index contributed by atoms with van der Waals surface area (Å²) in [4.78, 5) is 36.7. The summed E-state index contributed by atoms with van der Waals surface area (Å²) in [7, 11) is 0. The van der Waals surface area contributed by atoms with Crippen LogP contribution in [0, 0.1) is 5.92 Å². The molecule has 0 unspecified atom stereocenters. The second kappa shape index (κ2) is 6.91. The van der Waals surface area contributed by atoms with E-state index in [4.69, 9.17) is 4.74 Å². The highest BCUT2D eigenvalue weighted by Gasteiger charge is 2.28. The van der Waals surface area contributed by atoms with Gasteiger partial charge in [-0.2, -0.15) is 0 Å². The van der Waals surface area contributed by atoms with Crippen molar-refractivity contribution in [2.24, 2.45) is 5.92 Å². The Morgan fingerprint density at radius 1 is 1.09 bits per heavy atom. The zero-order chi connectivity index (χ0) is 16.2. The van der Waals surface area contributed by atoms with Gasteiger partial charge in [0.15, 0.2) is 0 Å². The molecule has 23 heavy (non-hydrogen) atoms. The van der Waals surface area contributed by atoms with Gasteiger partial charge in [-0.05, 0) is 30.5 Å². The van der Waals surface area contributed by atoms with Crippen LogP contribution >= 0.6 is 0 Å². The summed E-state index contributed by atoms with van der Waals surface area (Å²) in [6, 6.07) is 7.27. The van der Waals surface area contributed by atoms with Crippen molar-refractivity contribution in [1.82, 2.24) is 4.90 Å². The van der Waals surface area contributed by atoms with Crippen molar-refractivity contribution in [2.45, 2.75) is 32.2 Å². The molecule has 2 heterocycles. The molecular weight excluding hydrogens is 296 g/mol. The number of nitrogens with zero attached hydrogens (tertiary/aromatic N) is 1. The van der Waals surface area contributed by atoms with Crippen LogP contribution in [-0.2, 0) is 25.7 Å². The highest BCUT2D eigenvalue weighted by Crippen LogP contribution is 2.20. The van der Waals surface area contributed by atoms with Gasteiger partial charge in [0.2, 0.25) is 17.7 Å². The molecule has 0 atom stereocenters. The van der Waals surface area contributed by atoms with Crippen molar-refractivity contribution in [2.75, 3.05) is 18.5 Å². The lowest BCUT2D eigenvalue weighted by Crippen LogP contribution is -2.29. The van der Waals surface area contributed by atoms with Gasteiger partial charge in [-0.25, -0.2) is 0 Å². The van der Waals surface area contributed by atoms with E-state index in [1.165, 1.54) is 4.90 Å². The lowest BCUT2D eigenvalue weighted by Gasteiger charge is -2.21. The number of hydrogen-bond donors (Lipinski definition) is 1. The largest absolute Gasteiger partial charge is 0.381 e. The maximum atomic E-state index is 12.2. The average molecular weight is 316 g/mol. The molecule has 1 aromatic rings. The molecule has 2 fully saturated rings. The summed E-state index contributed by atoms with van der Waals surface area (Å²) in [6.07, 6.45) is 2.11. The monoisotopic (exact) mass is 316 g/mol. The Hall–Kier alpha value is -2.21. The highest BCUT2D eigenvalue weighted by molar-refractivity contribution is 6.01. The van der Waals surface area contributed by atoms with Crippen LogP contribution < -0.4 is 5.32 Å². The van der Waals surface area contributed by atoms with Crippen LogP contribution in [0.1, 0.15) is 31.2 Å². The summed E-state index contributed by atoms with van der Waals surface area (Å²) in [5.41, 5.74) is 1.60. The third-order valence-electron chi connectivity index (χ3n) is 4.31. The van der Waals surface area contributed by atoms with Crippen LogP contribution in [0.25, 0.3) is 0 Å². The van der Waals surface area contributed by atoms with Crippen molar-refractivity contribution >= 4 is 23.4 Å².